The summed E-state index contributed by atoms with van der Waals surface area (Å²) in [7, 11) is 1.64. The standard InChI is InChI=1S/C23H30N2O3/c1-27-22-9-11-23(12-10-22)28-19-21(26)18-25-16-14-24(15-17-25)13-5-8-20-6-3-2-4-7-20/h2-12,21,26H,13-19H2,1H3. The van der Waals surface area contributed by atoms with E-state index in [1.54, 1.807) is 7.11 Å². The molecule has 5 nitrogen and oxygen atoms in total. The molecular formula is C23H30N2O3. The molecule has 1 atom stereocenters. The molecule has 0 aliphatic carbocycles. The summed E-state index contributed by atoms with van der Waals surface area (Å²) in [5, 5.41) is 10.3. The molecule has 0 aromatic heterocycles. The van der Waals surface area contributed by atoms with E-state index in [1.807, 2.05) is 30.3 Å². The van der Waals surface area contributed by atoms with Crippen molar-refractivity contribution in [2.75, 3.05) is 53.0 Å². The Labute approximate surface area is 167 Å². The Balaban J connectivity index is 1.32. The van der Waals surface area contributed by atoms with Crippen molar-refractivity contribution < 1.29 is 14.6 Å². The highest BCUT2D eigenvalue weighted by molar-refractivity contribution is 5.48. The third kappa shape index (κ3) is 6.68. The van der Waals surface area contributed by atoms with Crippen LogP contribution in [0.3, 0.4) is 0 Å². The Hall–Kier alpha value is -2.34. The van der Waals surface area contributed by atoms with Crippen LogP contribution in [0.25, 0.3) is 6.08 Å². The van der Waals surface area contributed by atoms with Crippen molar-refractivity contribution in [3.05, 3.63) is 66.2 Å². The van der Waals surface area contributed by atoms with Crippen molar-refractivity contribution in [1.29, 1.82) is 0 Å². The van der Waals surface area contributed by atoms with E-state index in [2.05, 4.69) is 46.2 Å². The number of benzene rings is 2. The molecule has 28 heavy (non-hydrogen) atoms. The average Bonchev–Trinajstić information content (AvgIpc) is 2.75. The van der Waals surface area contributed by atoms with Gasteiger partial charge >= 0.3 is 0 Å². The van der Waals surface area contributed by atoms with Crippen molar-refractivity contribution in [2.24, 2.45) is 0 Å². The average molecular weight is 383 g/mol. The smallest absolute Gasteiger partial charge is 0.119 e. The molecule has 3 rings (SSSR count). The largest absolute Gasteiger partial charge is 0.497 e. The van der Waals surface area contributed by atoms with Crippen LogP contribution in [0.4, 0.5) is 0 Å². The van der Waals surface area contributed by atoms with Crippen LogP contribution in [0.5, 0.6) is 11.5 Å². The summed E-state index contributed by atoms with van der Waals surface area (Å²) >= 11 is 0. The van der Waals surface area contributed by atoms with Crippen LogP contribution < -0.4 is 9.47 Å². The molecule has 2 aromatic carbocycles. The third-order valence-corrected chi connectivity index (χ3v) is 4.91. The van der Waals surface area contributed by atoms with Gasteiger partial charge in [-0.25, -0.2) is 0 Å². The van der Waals surface area contributed by atoms with Gasteiger partial charge in [-0.2, -0.15) is 0 Å². The van der Waals surface area contributed by atoms with Crippen molar-refractivity contribution in [2.45, 2.75) is 6.10 Å². The monoisotopic (exact) mass is 382 g/mol. The molecule has 0 saturated carbocycles. The van der Waals surface area contributed by atoms with Crippen LogP contribution in [0.15, 0.2) is 60.7 Å². The van der Waals surface area contributed by atoms with Gasteiger partial charge in [-0.05, 0) is 29.8 Å². The highest BCUT2D eigenvalue weighted by atomic mass is 16.5. The van der Waals surface area contributed by atoms with Crippen LogP contribution in [0, 0.1) is 0 Å². The van der Waals surface area contributed by atoms with E-state index >= 15 is 0 Å². The van der Waals surface area contributed by atoms with E-state index in [9.17, 15) is 5.11 Å². The second kappa shape index (κ2) is 10.9. The lowest BCUT2D eigenvalue weighted by molar-refractivity contribution is 0.0482. The van der Waals surface area contributed by atoms with Gasteiger partial charge in [0.2, 0.25) is 0 Å². The van der Waals surface area contributed by atoms with Gasteiger partial charge in [0, 0.05) is 39.3 Å². The Morgan fingerprint density at radius 1 is 0.929 bits per heavy atom. The number of aliphatic hydroxyl groups excluding tert-OH is 1. The van der Waals surface area contributed by atoms with Crippen molar-refractivity contribution >= 4 is 6.08 Å². The molecule has 2 aromatic rings. The van der Waals surface area contributed by atoms with Crippen LogP contribution in [-0.4, -0.2) is 74.0 Å². The quantitative estimate of drug-likeness (QED) is 0.723. The van der Waals surface area contributed by atoms with Gasteiger partial charge in [-0.15, -0.1) is 0 Å². The van der Waals surface area contributed by atoms with Crippen LogP contribution in [0.2, 0.25) is 0 Å². The molecule has 1 aliphatic rings. The summed E-state index contributed by atoms with van der Waals surface area (Å²) in [5.41, 5.74) is 1.24. The van der Waals surface area contributed by atoms with Crippen molar-refractivity contribution in [3.63, 3.8) is 0 Å². The number of hydrogen-bond donors (Lipinski definition) is 1. The maximum atomic E-state index is 10.3. The van der Waals surface area contributed by atoms with E-state index in [0.717, 1.165) is 44.2 Å². The molecule has 5 heteroatoms. The second-order valence-electron chi connectivity index (χ2n) is 7.05. The van der Waals surface area contributed by atoms with Gasteiger partial charge in [-0.1, -0.05) is 42.5 Å². The predicted octanol–water partition coefficient (Wildman–Crippen LogP) is 2.77. The SMILES string of the molecule is COc1ccc(OCC(O)CN2CCN(CC=Cc3ccccc3)CC2)cc1. The number of hydrogen-bond acceptors (Lipinski definition) is 5. The Morgan fingerprint density at radius 3 is 2.25 bits per heavy atom. The molecule has 0 bridgehead atoms. The molecule has 1 unspecified atom stereocenters. The molecule has 1 fully saturated rings. The fourth-order valence-electron chi connectivity index (χ4n) is 3.27. The van der Waals surface area contributed by atoms with E-state index in [1.165, 1.54) is 5.56 Å². The second-order valence-corrected chi connectivity index (χ2v) is 7.05. The molecule has 1 N–H and O–H groups in total. The zero-order valence-corrected chi connectivity index (χ0v) is 16.5. The number of methoxy groups -OCH3 is 1. The Morgan fingerprint density at radius 2 is 1.57 bits per heavy atom. The summed E-state index contributed by atoms with van der Waals surface area (Å²) in [5.74, 6) is 1.54. The topological polar surface area (TPSA) is 45.2 Å². The first-order valence-corrected chi connectivity index (χ1v) is 9.84. The van der Waals surface area contributed by atoms with E-state index in [0.29, 0.717) is 13.2 Å². The maximum absolute atomic E-state index is 10.3. The first-order chi connectivity index (χ1) is 13.7. The minimum atomic E-state index is -0.494. The normalized spacial score (nSPS) is 16.9. The van der Waals surface area contributed by atoms with Gasteiger partial charge < -0.3 is 14.6 Å². The third-order valence-electron chi connectivity index (χ3n) is 4.91. The molecule has 0 radical (unpaired) electrons. The first kappa shape index (κ1) is 20.4. The molecular weight excluding hydrogens is 352 g/mol. The fraction of sp³-hybridized carbons (Fsp3) is 0.391. The van der Waals surface area contributed by atoms with Crippen molar-refractivity contribution in [1.82, 2.24) is 9.80 Å². The summed E-state index contributed by atoms with van der Waals surface area (Å²) in [6.45, 7) is 5.88. The van der Waals surface area contributed by atoms with Gasteiger partial charge in [0.1, 0.15) is 24.2 Å². The van der Waals surface area contributed by atoms with Gasteiger partial charge in [0.05, 0.1) is 7.11 Å². The Kier molecular flexibility index (Phi) is 7.91. The summed E-state index contributed by atoms with van der Waals surface area (Å²) in [6, 6.07) is 17.8. The van der Waals surface area contributed by atoms with Gasteiger partial charge in [0.15, 0.2) is 0 Å². The lowest BCUT2D eigenvalue weighted by Crippen LogP contribution is -2.49. The van der Waals surface area contributed by atoms with Gasteiger partial charge in [-0.3, -0.25) is 9.80 Å². The lowest BCUT2D eigenvalue weighted by Gasteiger charge is -2.35. The zero-order valence-electron chi connectivity index (χ0n) is 16.5. The molecule has 0 spiro atoms. The van der Waals surface area contributed by atoms with E-state index in [-0.39, 0.29) is 0 Å². The maximum Gasteiger partial charge on any atom is 0.119 e. The van der Waals surface area contributed by atoms with Crippen LogP contribution in [0.1, 0.15) is 5.56 Å². The fourth-order valence-corrected chi connectivity index (χ4v) is 3.27. The lowest BCUT2D eigenvalue weighted by atomic mass is 10.2. The molecule has 1 saturated heterocycles. The number of ether oxygens (including phenoxy) is 2. The van der Waals surface area contributed by atoms with Crippen molar-refractivity contribution in [3.8, 4) is 11.5 Å². The summed E-state index contributed by atoms with van der Waals surface area (Å²) in [4.78, 5) is 4.75. The molecule has 1 aliphatic heterocycles. The minimum absolute atomic E-state index is 0.298. The molecule has 0 amide bonds. The highest BCUT2D eigenvalue weighted by Crippen LogP contribution is 2.17. The highest BCUT2D eigenvalue weighted by Gasteiger charge is 2.18. The first-order valence-electron chi connectivity index (χ1n) is 9.84. The van der Waals surface area contributed by atoms with Gasteiger partial charge in [0.25, 0.3) is 0 Å². The number of β-amino-alcohol motifs (C(OH)–C–C–N with tert-alkyl or cyclic N) is 1. The Bertz CT molecular complexity index is 710. The van der Waals surface area contributed by atoms with E-state index in [4.69, 9.17) is 9.47 Å². The number of aliphatic hydroxyl groups is 1. The number of piperazine rings is 1. The van der Waals surface area contributed by atoms with Crippen LogP contribution in [-0.2, 0) is 0 Å². The predicted molar refractivity (Wildman–Crippen MR) is 113 cm³/mol. The van der Waals surface area contributed by atoms with E-state index < -0.39 is 6.10 Å². The van der Waals surface area contributed by atoms with Crippen LogP contribution >= 0.6 is 0 Å². The molecule has 1 heterocycles. The summed E-state index contributed by atoms with van der Waals surface area (Å²) < 4.78 is 10.8. The summed E-state index contributed by atoms with van der Waals surface area (Å²) in [6.07, 6.45) is 3.90. The zero-order chi connectivity index (χ0) is 19.6. The molecule has 150 valence electrons. The number of rotatable bonds is 9. The minimum Gasteiger partial charge on any atom is -0.497 e. The number of nitrogens with zero attached hydrogens (tertiary/aromatic N) is 2.